The molecule has 0 bridgehead atoms. The average molecular weight is 331 g/mol. The molecule has 1 fully saturated rings. The first-order valence-electron chi connectivity index (χ1n) is 8.32. The summed E-state index contributed by atoms with van der Waals surface area (Å²) in [6, 6.07) is 0. The molecule has 0 aromatic carbocycles. The highest BCUT2D eigenvalue weighted by Gasteiger charge is 2.24. The van der Waals surface area contributed by atoms with E-state index in [1.807, 2.05) is 25.9 Å². The van der Waals surface area contributed by atoms with E-state index in [0.717, 1.165) is 48.8 Å². The second kappa shape index (κ2) is 6.72. The Labute approximate surface area is 142 Å². The number of likely N-dealkylation sites (N-methyl/N-ethyl adjacent to an activating group) is 1. The molecule has 0 N–H and O–H groups in total. The maximum atomic E-state index is 12.4. The van der Waals surface area contributed by atoms with Crippen LogP contribution in [0.1, 0.15) is 17.7 Å². The minimum atomic E-state index is 0.222. The quantitative estimate of drug-likeness (QED) is 0.805. The molecule has 0 atom stereocenters. The zero-order chi connectivity index (χ0) is 17.3. The van der Waals surface area contributed by atoms with Crippen LogP contribution in [0.25, 0.3) is 5.65 Å². The van der Waals surface area contributed by atoms with E-state index >= 15 is 0 Å². The van der Waals surface area contributed by atoms with E-state index in [1.54, 1.807) is 10.8 Å². The topological polar surface area (TPSA) is 69.9 Å². The molecule has 2 aromatic rings. The first-order chi connectivity index (χ1) is 11.5. The number of amides is 1. The zero-order valence-corrected chi connectivity index (χ0v) is 14.9. The minimum absolute atomic E-state index is 0.222. The molecule has 24 heavy (non-hydrogen) atoms. The third-order valence-corrected chi connectivity index (χ3v) is 4.62. The van der Waals surface area contributed by atoms with Gasteiger partial charge in [-0.2, -0.15) is 9.61 Å². The van der Waals surface area contributed by atoms with Gasteiger partial charge in [0.05, 0.1) is 11.4 Å². The van der Waals surface area contributed by atoms with E-state index in [2.05, 4.69) is 32.0 Å². The molecule has 1 aliphatic rings. The summed E-state index contributed by atoms with van der Waals surface area (Å²) in [7, 11) is 4.06. The van der Waals surface area contributed by atoms with Crippen molar-refractivity contribution >= 4 is 17.2 Å². The lowest BCUT2D eigenvalue weighted by Gasteiger charge is -2.26. The number of anilines is 1. The van der Waals surface area contributed by atoms with Gasteiger partial charge in [-0.25, -0.2) is 0 Å². The van der Waals surface area contributed by atoms with Gasteiger partial charge in [-0.15, -0.1) is 10.2 Å². The van der Waals surface area contributed by atoms with E-state index in [-0.39, 0.29) is 5.91 Å². The average Bonchev–Trinajstić information content (AvgIpc) is 2.91. The zero-order valence-electron chi connectivity index (χ0n) is 14.9. The SMILES string of the molecule is Cc1nn2cnnc2c(N2CCC(=O)N(CCN(C)C)CC2)c1C. The van der Waals surface area contributed by atoms with E-state index in [0.29, 0.717) is 13.0 Å². The smallest absolute Gasteiger partial charge is 0.224 e. The number of nitrogens with zero attached hydrogens (tertiary/aromatic N) is 7. The van der Waals surface area contributed by atoms with E-state index in [1.165, 1.54) is 0 Å². The number of carbonyl (C=O) groups is 1. The number of aromatic nitrogens is 4. The number of rotatable bonds is 4. The largest absolute Gasteiger partial charge is 0.366 e. The summed E-state index contributed by atoms with van der Waals surface area (Å²) >= 11 is 0. The monoisotopic (exact) mass is 331 g/mol. The molecule has 0 spiro atoms. The van der Waals surface area contributed by atoms with Crippen molar-refractivity contribution < 1.29 is 4.79 Å². The Kier molecular flexibility index (Phi) is 4.66. The van der Waals surface area contributed by atoms with E-state index < -0.39 is 0 Å². The van der Waals surface area contributed by atoms with Gasteiger partial charge in [-0.1, -0.05) is 0 Å². The van der Waals surface area contributed by atoms with Gasteiger partial charge in [-0.3, -0.25) is 4.79 Å². The lowest BCUT2D eigenvalue weighted by Crippen LogP contribution is -2.38. The van der Waals surface area contributed by atoms with Crippen LogP contribution in [0.15, 0.2) is 6.33 Å². The van der Waals surface area contributed by atoms with Gasteiger partial charge in [0, 0.05) is 39.1 Å². The van der Waals surface area contributed by atoms with Crippen LogP contribution in [0.2, 0.25) is 0 Å². The molecule has 0 radical (unpaired) electrons. The fraction of sp³-hybridized carbons (Fsp3) is 0.625. The van der Waals surface area contributed by atoms with Gasteiger partial charge in [0.2, 0.25) is 11.6 Å². The Morgan fingerprint density at radius 1 is 1.21 bits per heavy atom. The Morgan fingerprint density at radius 3 is 2.75 bits per heavy atom. The molecule has 0 aliphatic carbocycles. The standard InChI is InChI=1S/C16H25N7O/c1-12-13(2)19-23-11-17-18-16(23)15(12)22-6-5-14(24)21(9-10-22)8-7-20(3)4/h11H,5-10H2,1-4H3. The van der Waals surface area contributed by atoms with Crippen molar-refractivity contribution in [3.8, 4) is 0 Å². The van der Waals surface area contributed by atoms with Crippen LogP contribution in [0.5, 0.6) is 0 Å². The molecule has 3 rings (SSSR count). The number of hydrogen-bond donors (Lipinski definition) is 0. The molecule has 1 amide bonds. The van der Waals surface area contributed by atoms with Crippen LogP contribution in [-0.4, -0.2) is 82.3 Å². The van der Waals surface area contributed by atoms with Crippen molar-refractivity contribution in [3.63, 3.8) is 0 Å². The molecular weight excluding hydrogens is 306 g/mol. The molecular formula is C16H25N7O. The van der Waals surface area contributed by atoms with Crippen molar-refractivity contribution in [1.82, 2.24) is 29.6 Å². The molecule has 8 nitrogen and oxygen atoms in total. The molecule has 2 aromatic heterocycles. The van der Waals surface area contributed by atoms with Gasteiger partial charge in [0.1, 0.15) is 6.33 Å². The Hall–Kier alpha value is -2.22. The molecule has 8 heteroatoms. The molecule has 0 unspecified atom stereocenters. The van der Waals surface area contributed by atoms with Crippen molar-refractivity contribution in [1.29, 1.82) is 0 Å². The first-order valence-corrected chi connectivity index (χ1v) is 8.32. The highest BCUT2D eigenvalue weighted by molar-refractivity contribution is 5.79. The maximum Gasteiger partial charge on any atom is 0.224 e. The predicted molar refractivity (Wildman–Crippen MR) is 92.2 cm³/mol. The summed E-state index contributed by atoms with van der Waals surface area (Å²) in [4.78, 5) is 18.7. The second-order valence-electron chi connectivity index (χ2n) is 6.58. The summed E-state index contributed by atoms with van der Waals surface area (Å²) in [5.41, 5.74) is 3.86. The Balaban J connectivity index is 1.85. The molecule has 1 aliphatic heterocycles. The lowest BCUT2D eigenvalue weighted by molar-refractivity contribution is -0.130. The lowest BCUT2D eigenvalue weighted by atomic mass is 10.2. The first kappa shape index (κ1) is 16.6. The highest BCUT2D eigenvalue weighted by atomic mass is 16.2. The highest BCUT2D eigenvalue weighted by Crippen LogP contribution is 2.27. The van der Waals surface area contributed by atoms with Gasteiger partial charge in [-0.05, 0) is 33.5 Å². The van der Waals surface area contributed by atoms with Crippen LogP contribution in [0.3, 0.4) is 0 Å². The third-order valence-electron chi connectivity index (χ3n) is 4.62. The summed E-state index contributed by atoms with van der Waals surface area (Å²) in [5, 5.41) is 12.7. The van der Waals surface area contributed by atoms with Gasteiger partial charge >= 0.3 is 0 Å². The number of aryl methyl sites for hydroxylation is 1. The summed E-state index contributed by atoms with van der Waals surface area (Å²) in [6.45, 7) is 7.93. The molecule has 130 valence electrons. The van der Waals surface area contributed by atoms with Gasteiger partial charge in [0.25, 0.3) is 0 Å². The number of hydrogen-bond acceptors (Lipinski definition) is 6. The van der Waals surface area contributed by atoms with Crippen molar-refractivity contribution in [2.45, 2.75) is 20.3 Å². The summed E-state index contributed by atoms with van der Waals surface area (Å²) in [6.07, 6.45) is 2.15. The third kappa shape index (κ3) is 3.19. The van der Waals surface area contributed by atoms with Gasteiger partial charge in [0.15, 0.2) is 0 Å². The van der Waals surface area contributed by atoms with Crippen LogP contribution in [0, 0.1) is 13.8 Å². The van der Waals surface area contributed by atoms with E-state index in [9.17, 15) is 4.79 Å². The molecule has 3 heterocycles. The fourth-order valence-corrected chi connectivity index (χ4v) is 3.06. The maximum absolute atomic E-state index is 12.4. The normalized spacial score (nSPS) is 16.3. The summed E-state index contributed by atoms with van der Waals surface area (Å²) < 4.78 is 1.72. The Morgan fingerprint density at radius 2 is 2.00 bits per heavy atom. The van der Waals surface area contributed by atoms with Crippen LogP contribution in [0.4, 0.5) is 5.69 Å². The van der Waals surface area contributed by atoms with E-state index in [4.69, 9.17) is 0 Å². The Bertz CT molecular complexity index is 739. The van der Waals surface area contributed by atoms with Crippen molar-refractivity contribution in [2.75, 3.05) is 51.7 Å². The number of fused-ring (bicyclic) bond motifs is 1. The second-order valence-corrected chi connectivity index (χ2v) is 6.58. The van der Waals surface area contributed by atoms with Crippen molar-refractivity contribution in [2.24, 2.45) is 0 Å². The fourth-order valence-electron chi connectivity index (χ4n) is 3.06. The van der Waals surface area contributed by atoms with Crippen LogP contribution >= 0.6 is 0 Å². The molecule has 0 saturated carbocycles. The van der Waals surface area contributed by atoms with Crippen LogP contribution < -0.4 is 4.90 Å². The predicted octanol–water partition coefficient (Wildman–Crippen LogP) is 0.341. The van der Waals surface area contributed by atoms with Gasteiger partial charge < -0.3 is 14.7 Å². The summed E-state index contributed by atoms with van der Waals surface area (Å²) in [5.74, 6) is 0.222. The molecule has 1 saturated heterocycles. The minimum Gasteiger partial charge on any atom is -0.366 e. The number of carbonyl (C=O) groups excluding carboxylic acids is 1. The van der Waals surface area contributed by atoms with Crippen molar-refractivity contribution in [3.05, 3.63) is 17.6 Å². The van der Waals surface area contributed by atoms with Crippen LogP contribution in [-0.2, 0) is 4.79 Å².